The normalized spacial score (nSPS) is 17.7. The first-order chi connectivity index (χ1) is 17.9. The smallest absolute Gasteiger partial charge is 0.241 e. The second kappa shape index (κ2) is 10.4. The van der Waals surface area contributed by atoms with E-state index in [9.17, 15) is 4.39 Å². The number of pyridine rings is 2. The number of rotatable bonds is 8. The van der Waals surface area contributed by atoms with Crippen molar-refractivity contribution in [1.29, 1.82) is 0 Å². The maximum atomic E-state index is 13.5. The number of hydrogen-bond donors (Lipinski definition) is 0. The van der Waals surface area contributed by atoms with E-state index in [0.717, 1.165) is 28.1 Å². The van der Waals surface area contributed by atoms with Crippen LogP contribution in [0.15, 0.2) is 65.6 Å². The summed E-state index contributed by atoms with van der Waals surface area (Å²) in [5, 5.41) is 4.12. The highest BCUT2D eigenvalue weighted by molar-refractivity contribution is 5.64. The number of ether oxygens (including phenoxy) is 1. The number of hydrogen-bond acceptors (Lipinski definition) is 7. The third-order valence-electron chi connectivity index (χ3n) is 7.52. The van der Waals surface area contributed by atoms with Gasteiger partial charge in [0.2, 0.25) is 11.7 Å². The van der Waals surface area contributed by atoms with E-state index < -0.39 is 6.17 Å². The topological polar surface area (TPSA) is 77.2 Å². The van der Waals surface area contributed by atoms with E-state index in [1.165, 1.54) is 5.56 Å². The van der Waals surface area contributed by atoms with Crippen molar-refractivity contribution in [3.8, 4) is 28.3 Å². The second-order valence-electron chi connectivity index (χ2n) is 10.1. The summed E-state index contributed by atoms with van der Waals surface area (Å²) >= 11 is 0. The van der Waals surface area contributed by atoms with Crippen molar-refractivity contribution in [2.24, 2.45) is 5.92 Å². The molecule has 0 bridgehead atoms. The summed E-state index contributed by atoms with van der Waals surface area (Å²) in [4.78, 5) is 15.6. The van der Waals surface area contributed by atoms with Crippen LogP contribution in [0.3, 0.4) is 0 Å². The van der Waals surface area contributed by atoms with Crippen LogP contribution in [-0.4, -0.2) is 51.4 Å². The van der Waals surface area contributed by atoms with Gasteiger partial charge in [-0.25, -0.2) is 4.39 Å². The van der Waals surface area contributed by atoms with Crippen LogP contribution in [0.4, 0.5) is 4.39 Å². The molecule has 0 N–H and O–H groups in total. The van der Waals surface area contributed by atoms with Crippen LogP contribution in [-0.2, 0) is 12.0 Å². The van der Waals surface area contributed by atoms with Gasteiger partial charge in [0.15, 0.2) is 0 Å². The van der Waals surface area contributed by atoms with Gasteiger partial charge < -0.3 is 9.26 Å². The van der Waals surface area contributed by atoms with Gasteiger partial charge in [0.25, 0.3) is 0 Å². The molecule has 1 saturated heterocycles. The predicted octanol–water partition coefficient (Wildman–Crippen LogP) is 5.71. The molecule has 0 saturated carbocycles. The number of nitrogens with zero attached hydrogens (tertiary/aromatic N) is 5. The third kappa shape index (κ3) is 5.11. The summed E-state index contributed by atoms with van der Waals surface area (Å²) in [6.07, 6.45) is 5.12. The van der Waals surface area contributed by atoms with E-state index >= 15 is 0 Å². The first-order valence-corrected chi connectivity index (χ1v) is 12.6. The van der Waals surface area contributed by atoms with Gasteiger partial charge in [-0.3, -0.25) is 14.9 Å². The largest absolute Gasteiger partial charge is 0.495 e. The molecule has 0 spiro atoms. The van der Waals surface area contributed by atoms with Gasteiger partial charge in [-0.2, -0.15) is 4.98 Å². The average molecular weight is 502 g/mol. The van der Waals surface area contributed by atoms with Gasteiger partial charge in [0.1, 0.15) is 11.9 Å². The molecule has 3 aromatic heterocycles. The molecule has 0 radical (unpaired) electrons. The lowest BCUT2D eigenvalue weighted by Gasteiger charge is -2.34. The number of benzene rings is 1. The van der Waals surface area contributed by atoms with Gasteiger partial charge in [0, 0.05) is 42.0 Å². The fourth-order valence-electron chi connectivity index (χ4n) is 4.86. The van der Waals surface area contributed by atoms with E-state index in [0.29, 0.717) is 43.7 Å². The maximum absolute atomic E-state index is 13.5. The Bertz CT molecular complexity index is 1340. The van der Waals surface area contributed by atoms with Crippen LogP contribution >= 0.6 is 0 Å². The quantitative estimate of drug-likeness (QED) is 0.306. The summed E-state index contributed by atoms with van der Waals surface area (Å²) in [5.74, 6) is 2.02. The number of methoxy groups -OCH3 is 1. The molecule has 2 atom stereocenters. The molecule has 1 aliphatic heterocycles. The minimum absolute atomic E-state index is 0.298. The van der Waals surface area contributed by atoms with Crippen molar-refractivity contribution in [1.82, 2.24) is 25.0 Å². The SMILES string of the molecule is COc1cncc(-c2ccc(C(C)(c3ccc(-c4noc(CN5CC[C@@H](F)C5)n4)cn3)C(C)C)cc2)c1. The van der Waals surface area contributed by atoms with Crippen LogP contribution in [0.2, 0.25) is 0 Å². The van der Waals surface area contributed by atoms with Gasteiger partial charge in [-0.1, -0.05) is 43.3 Å². The van der Waals surface area contributed by atoms with Gasteiger partial charge in [-0.05, 0) is 48.6 Å². The first-order valence-electron chi connectivity index (χ1n) is 12.6. The molecule has 192 valence electrons. The van der Waals surface area contributed by atoms with Crippen molar-refractivity contribution >= 4 is 0 Å². The highest BCUT2D eigenvalue weighted by Gasteiger charge is 2.34. The zero-order valence-corrected chi connectivity index (χ0v) is 21.7. The Hall–Kier alpha value is -3.65. The van der Waals surface area contributed by atoms with Crippen LogP contribution < -0.4 is 4.74 Å². The molecule has 4 heterocycles. The zero-order valence-electron chi connectivity index (χ0n) is 21.7. The lowest BCUT2D eigenvalue weighted by molar-refractivity contribution is 0.246. The molecular formula is C29H32FN5O2. The molecule has 0 aliphatic carbocycles. The van der Waals surface area contributed by atoms with Crippen molar-refractivity contribution in [2.75, 3.05) is 20.2 Å². The Morgan fingerprint density at radius 2 is 1.86 bits per heavy atom. The maximum Gasteiger partial charge on any atom is 0.241 e. The lowest BCUT2D eigenvalue weighted by atomic mass is 9.70. The highest BCUT2D eigenvalue weighted by Crippen LogP contribution is 2.39. The summed E-state index contributed by atoms with van der Waals surface area (Å²) in [6, 6.07) is 14.6. The molecule has 1 fully saturated rings. The summed E-state index contributed by atoms with van der Waals surface area (Å²) in [5.41, 5.74) is 4.72. The summed E-state index contributed by atoms with van der Waals surface area (Å²) in [6.45, 7) is 8.23. The third-order valence-corrected chi connectivity index (χ3v) is 7.52. The minimum atomic E-state index is -0.774. The molecule has 1 aliphatic rings. The molecular weight excluding hydrogens is 469 g/mol. The highest BCUT2D eigenvalue weighted by atomic mass is 19.1. The van der Waals surface area contributed by atoms with Crippen LogP contribution in [0, 0.1) is 5.92 Å². The van der Waals surface area contributed by atoms with E-state index in [1.54, 1.807) is 19.5 Å². The van der Waals surface area contributed by atoms with E-state index in [-0.39, 0.29) is 5.41 Å². The number of aromatic nitrogens is 4. The van der Waals surface area contributed by atoms with E-state index in [1.807, 2.05) is 29.3 Å². The van der Waals surface area contributed by atoms with Gasteiger partial charge >= 0.3 is 0 Å². The Kier molecular flexibility index (Phi) is 7.02. The molecule has 37 heavy (non-hydrogen) atoms. The van der Waals surface area contributed by atoms with Gasteiger partial charge in [0.05, 0.1) is 25.5 Å². The van der Waals surface area contributed by atoms with Crippen molar-refractivity contribution < 1.29 is 13.7 Å². The van der Waals surface area contributed by atoms with Crippen molar-refractivity contribution in [2.45, 2.75) is 45.3 Å². The number of alkyl halides is 1. The molecule has 1 unspecified atom stereocenters. The zero-order chi connectivity index (χ0) is 26.0. The molecule has 7 nitrogen and oxygen atoms in total. The predicted molar refractivity (Wildman–Crippen MR) is 140 cm³/mol. The standard InChI is InChI=1S/C29H32FN5O2/c1-19(2)29(3,23-8-5-20(6-9-23)22-13-25(36-4)16-31-14-22)26-10-7-21(15-32-26)28-33-27(37-34-28)18-35-12-11-24(30)17-35/h5-10,13-16,19,24H,11-12,17-18H2,1-4H3/t24-,29?/m1/s1. The van der Waals surface area contributed by atoms with Crippen LogP contribution in [0.25, 0.3) is 22.5 Å². The van der Waals surface area contributed by atoms with Gasteiger partial charge in [-0.15, -0.1) is 0 Å². The molecule has 8 heteroatoms. The van der Waals surface area contributed by atoms with E-state index in [4.69, 9.17) is 14.2 Å². The molecule has 1 aromatic carbocycles. The molecule has 4 aromatic rings. The second-order valence-corrected chi connectivity index (χ2v) is 10.1. The number of halogens is 1. The number of likely N-dealkylation sites (tertiary alicyclic amines) is 1. The van der Waals surface area contributed by atoms with Crippen molar-refractivity contribution in [3.05, 3.63) is 78.2 Å². The Morgan fingerprint density at radius 3 is 2.51 bits per heavy atom. The van der Waals surface area contributed by atoms with Crippen LogP contribution in [0.1, 0.15) is 44.3 Å². The first kappa shape index (κ1) is 25.0. The summed E-state index contributed by atoms with van der Waals surface area (Å²) < 4.78 is 24.2. The van der Waals surface area contributed by atoms with Crippen molar-refractivity contribution in [3.63, 3.8) is 0 Å². The summed E-state index contributed by atoms with van der Waals surface area (Å²) in [7, 11) is 1.64. The monoisotopic (exact) mass is 501 g/mol. The molecule has 0 amide bonds. The average Bonchev–Trinajstić information content (AvgIpc) is 3.57. The Morgan fingerprint density at radius 1 is 1.08 bits per heavy atom. The fraction of sp³-hybridized carbons (Fsp3) is 0.379. The minimum Gasteiger partial charge on any atom is -0.495 e. The Labute approximate surface area is 216 Å². The Balaban J connectivity index is 1.36. The van der Waals surface area contributed by atoms with E-state index in [2.05, 4.69) is 60.2 Å². The fourth-order valence-corrected chi connectivity index (χ4v) is 4.86. The molecule has 5 rings (SSSR count). The van der Waals surface area contributed by atoms with Crippen LogP contribution in [0.5, 0.6) is 5.75 Å². The lowest BCUT2D eigenvalue weighted by Crippen LogP contribution is -2.31.